The van der Waals surface area contributed by atoms with Gasteiger partial charge >= 0.3 is 5.97 Å². The maximum atomic E-state index is 13.3. The first-order valence-corrected chi connectivity index (χ1v) is 5.67. The first kappa shape index (κ1) is 13.1. The molecule has 0 fully saturated rings. The smallest absolute Gasteiger partial charge is 0.344 e. The fourth-order valence-corrected chi connectivity index (χ4v) is 1.52. The van der Waals surface area contributed by atoms with Crippen LogP contribution in [0.25, 0.3) is 0 Å². The molecule has 1 rings (SSSR count). The van der Waals surface area contributed by atoms with Crippen LogP contribution in [0.1, 0.15) is 30.1 Å². The lowest BCUT2D eigenvalue weighted by atomic mass is 10.2. The van der Waals surface area contributed by atoms with E-state index in [1.54, 1.807) is 0 Å². The van der Waals surface area contributed by atoms with E-state index in [-0.39, 0.29) is 11.1 Å². The molecule has 0 heterocycles. The van der Waals surface area contributed by atoms with Crippen LogP contribution in [-0.2, 0) is 4.74 Å². The van der Waals surface area contributed by atoms with Crippen molar-refractivity contribution >= 4 is 21.9 Å². The molecule has 0 bridgehead atoms. The van der Waals surface area contributed by atoms with Gasteiger partial charge in [-0.3, -0.25) is 0 Å². The van der Waals surface area contributed by atoms with Gasteiger partial charge in [0.05, 0.1) is 6.61 Å². The Balaban J connectivity index is 2.83. The molecule has 1 aromatic carbocycles. The van der Waals surface area contributed by atoms with Crippen LogP contribution in [0.3, 0.4) is 0 Å². The van der Waals surface area contributed by atoms with E-state index >= 15 is 0 Å². The van der Waals surface area contributed by atoms with E-state index in [1.165, 1.54) is 0 Å². The number of carbonyl (C=O) groups excluding carboxylic acids is 1. The van der Waals surface area contributed by atoms with E-state index in [4.69, 9.17) is 4.74 Å². The minimum absolute atomic E-state index is 0.171. The van der Waals surface area contributed by atoms with Gasteiger partial charge in [-0.05, 0) is 18.6 Å². The molecule has 0 radical (unpaired) electrons. The zero-order valence-electron chi connectivity index (χ0n) is 8.73. The molecule has 1 aromatic rings. The molecule has 0 unspecified atom stereocenters. The normalized spacial score (nSPS) is 10.2. The van der Waals surface area contributed by atoms with Gasteiger partial charge in [0.25, 0.3) is 0 Å². The van der Waals surface area contributed by atoms with Crippen molar-refractivity contribution in [3.05, 3.63) is 33.8 Å². The van der Waals surface area contributed by atoms with Gasteiger partial charge in [-0.15, -0.1) is 0 Å². The average Bonchev–Trinajstić information content (AvgIpc) is 2.16. The predicted octanol–water partition coefficient (Wildman–Crippen LogP) is 3.68. The van der Waals surface area contributed by atoms with Gasteiger partial charge in [-0.25, -0.2) is 13.6 Å². The molecule has 0 saturated carbocycles. The van der Waals surface area contributed by atoms with Crippen molar-refractivity contribution in [1.82, 2.24) is 0 Å². The summed E-state index contributed by atoms with van der Waals surface area (Å²) in [6.45, 7) is 2.10. The van der Waals surface area contributed by atoms with Crippen LogP contribution < -0.4 is 0 Å². The SMILES string of the molecule is CCCCOC(=O)c1c(F)cc(Br)cc1F. The second kappa shape index (κ2) is 5.94. The summed E-state index contributed by atoms with van der Waals surface area (Å²) in [7, 11) is 0. The quantitative estimate of drug-likeness (QED) is 0.625. The van der Waals surface area contributed by atoms with Gasteiger partial charge in [0.2, 0.25) is 0 Å². The molecule has 0 spiro atoms. The summed E-state index contributed by atoms with van der Waals surface area (Å²) in [4.78, 5) is 11.4. The average molecular weight is 293 g/mol. The number of halogens is 3. The molecule has 0 aliphatic rings. The maximum Gasteiger partial charge on any atom is 0.344 e. The minimum Gasteiger partial charge on any atom is -0.462 e. The third-order valence-corrected chi connectivity index (χ3v) is 2.40. The summed E-state index contributed by atoms with van der Waals surface area (Å²) in [6, 6.07) is 2.05. The van der Waals surface area contributed by atoms with E-state index < -0.39 is 23.2 Å². The standard InChI is InChI=1S/C11H11BrF2O2/c1-2-3-4-16-11(15)10-8(13)5-7(12)6-9(10)14/h5-6H,2-4H2,1H3. The summed E-state index contributed by atoms with van der Waals surface area (Å²) in [5.74, 6) is -2.81. The van der Waals surface area contributed by atoms with E-state index in [2.05, 4.69) is 15.9 Å². The first-order chi connectivity index (χ1) is 7.56. The number of hydrogen-bond donors (Lipinski definition) is 0. The van der Waals surface area contributed by atoms with Gasteiger partial charge in [-0.2, -0.15) is 0 Å². The van der Waals surface area contributed by atoms with Gasteiger partial charge in [0.1, 0.15) is 17.2 Å². The summed E-state index contributed by atoms with van der Waals surface area (Å²) in [6.07, 6.45) is 1.52. The van der Waals surface area contributed by atoms with Crippen LogP contribution in [-0.4, -0.2) is 12.6 Å². The largest absolute Gasteiger partial charge is 0.462 e. The highest BCUT2D eigenvalue weighted by Crippen LogP contribution is 2.20. The van der Waals surface area contributed by atoms with Crippen molar-refractivity contribution in [2.75, 3.05) is 6.61 Å². The van der Waals surface area contributed by atoms with Crippen LogP contribution in [0.5, 0.6) is 0 Å². The molecule has 16 heavy (non-hydrogen) atoms. The number of ether oxygens (including phenoxy) is 1. The fourth-order valence-electron chi connectivity index (χ4n) is 1.12. The van der Waals surface area contributed by atoms with E-state index in [1.807, 2.05) is 6.92 Å². The lowest BCUT2D eigenvalue weighted by molar-refractivity contribution is 0.0488. The molecule has 0 aliphatic carbocycles. The monoisotopic (exact) mass is 292 g/mol. The number of unbranched alkanes of at least 4 members (excludes halogenated alkanes) is 1. The number of benzene rings is 1. The Labute approximate surface area is 101 Å². The summed E-state index contributed by atoms with van der Waals surface area (Å²) in [5, 5.41) is 0. The van der Waals surface area contributed by atoms with Crippen molar-refractivity contribution in [2.24, 2.45) is 0 Å². The number of hydrogen-bond acceptors (Lipinski definition) is 2. The Morgan fingerprint density at radius 3 is 2.44 bits per heavy atom. The van der Waals surface area contributed by atoms with Crippen molar-refractivity contribution < 1.29 is 18.3 Å². The number of carbonyl (C=O) groups is 1. The van der Waals surface area contributed by atoms with E-state index in [0.717, 1.165) is 18.6 Å². The molecule has 0 aromatic heterocycles. The molecule has 0 aliphatic heterocycles. The third-order valence-electron chi connectivity index (χ3n) is 1.94. The Morgan fingerprint density at radius 2 is 1.94 bits per heavy atom. The second-order valence-corrected chi connectivity index (χ2v) is 4.15. The summed E-state index contributed by atoms with van der Waals surface area (Å²) >= 11 is 2.93. The third kappa shape index (κ3) is 3.27. The molecule has 0 N–H and O–H groups in total. The van der Waals surface area contributed by atoms with Crippen molar-refractivity contribution in [3.63, 3.8) is 0 Å². The van der Waals surface area contributed by atoms with Crippen molar-refractivity contribution in [1.29, 1.82) is 0 Å². The van der Waals surface area contributed by atoms with Crippen LogP contribution in [0.4, 0.5) is 8.78 Å². The van der Waals surface area contributed by atoms with Crippen molar-refractivity contribution in [3.8, 4) is 0 Å². The van der Waals surface area contributed by atoms with Gasteiger partial charge in [-0.1, -0.05) is 29.3 Å². The van der Waals surface area contributed by atoms with E-state index in [9.17, 15) is 13.6 Å². The highest BCUT2D eigenvalue weighted by atomic mass is 79.9. The Morgan fingerprint density at radius 1 is 1.38 bits per heavy atom. The molecule has 2 nitrogen and oxygen atoms in total. The molecular weight excluding hydrogens is 282 g/mol. The lowest BCUT2D eigenvalue weighted by Gasteiger charge is -2.06. The molecule has 0 saturated heterocycles. The summed E-state index contributed by atoms with van der Waals surface area (Å²) in [5.41, 5.74) is -0.640. The Kier molecular flexibility index (Phi) is 4.86. The molecular formula is C11H11BrF2O2. The zero-order chi connectivity index (χ0) is 12.1. The lowest BCUT2D eigenvalue weighted by Crippen LogP contribution is -2.11. The Hall–Kier alpha value is -0.970. The predicted molar refractivity (Wildman–Crippen MR) is 59.2 cm³/mol. The molecule has 88 valence electrons. The van der Waals surface area contributed by atoms with Gasteiger partial charge in [0.15, 0.2) is 0 Å². The van der Waals surface area contributed by atoms with Gasteiger partial charge < -0.3 is 4.74 Å². The topological polar surface area (TPSA) is 26.3 Å². The van der Waals surface area contributed by atoms with Crippen LogP contribution >= 0.6 is 15.9 Å². The minimum atomic E-state index is -0.962. The summed E-state index contributed by atoms with van der Waals surface area (Å²) < 4.78 is 31.6. The van der Waals surface area contributed by atoms with Crippen molar-refractivity contribution in [2.45, 2.75) is 19.8 Å². The first-order valence-electron chi connectivity index (χ1n) is 4.88. The van der Waals surface area contributed by atoms with E-state index in [0.29, 0.717) is 6.42 Å². The maximum absolute atomic E-state index is 13.3. The van der Waals surface area contributed by atoms with Crippen LogP contribution in [0, 0.1) is 11.6 Å². The number of esters is 1. The molecule has 5 heteroatoms. The fraction of sp³-hybridized carbons (Fsp3) is 0.364. The Bertz CT molecular complexity index is 371. The highest BCUT2D eigenvalue weighted by Gasteiger charge is 2.19. The van der Waals surface area contributed by atoms with Gasteiger partial charge in [0, 0.05) is 4.47 Å². The molecule has 0 atom stereocenters. The number of rotatable bonds is 4. The van der Waals surface area contributed by atoms with Crippen LogP contribution in [0.15, 0.2) is 16.6 Å². The zero-order valence-corrected chi connectivity index (χ0v) is 10.3. The molecule has 0 amide bonds. The second-order valence-electron chi connectivity index (χ2n) is 3.23. The highest BCUT2D eigenvalue weighted by molar-refractivity contribution is 9.10. The van der Waals surface area contributed by atoms with Crippen LogP contribution in [0.2, 0.25) is 0 Å².